The van der Waals surface area contributed by atoms with Gasteiger partial charge in [0.2, 0.25) is 11.8 Å². The second-order valence-corrected chi connectivity index (χ2v) is 7.60. The molecule has 0 aliphatic carbocycles. The Kier molecular flexibility index (Phi) is 4.57. The van der Waals surface area contributed by atoms with Crippen LogP contribution in [0.15, 0.2) is 47.4 Å². The molecular formula is C18H15ClN4O2S. The van der Waals surface area contributed by atoms with Crippen LogP contribution < -0.4 is 10.6 Å². The number of nitrogens with one attached hydrogen (secondary N) is 3. The van der Waals surface area contributed by atoms with Gasteiger partial charge in [0, 0.05) is 16.3 Å². The molecule has 1 aliphatic heterocycles. The number of aromatic amines is 1. The van der Waals surface area contributed by atoms with E-state index in [0.717, 1.165) is 15.9 Å². The molecule has 4 rings (SSSR count). The maximum atomic E-state index is 12.2. The first kappa shape index (κ1) is 16.9. The number of rotatable bonds is 4. The van der Waals surface area contributed by atoms with Crippen LogP contribution in [-0.2, 0) is 16.1 Å². The fourth-order valence-corrected chi connectivity index (χ4v) is 4.03. The number of hydrogen-bond acceptors (Lipinski definition) is 4. The predicted octanol–water partition coefficient (Wildman–Crippen LogP) is 3.34. The van der Waals surface area contributed by atoms with Crippen LogP contribution in [0.1, 0.15) is 12.2 Å². The van der Waals surface area contributed by atoms with Crippen molar-refractivity contribution in [3.8, 4) is 0 Å². The largest absolute Gasteiger partial charge is 0.349 e. The summed E-state index contributed by atoms with van der Waals surface area (Å²) in [5.41, 5.74) is 2.47. The second kappa shape index (κ2) is 7.01. The fourth-order valence-electron chi connectivity index (χ4n) is 2.77. The average Bonchev–Trinajstić information content (AvgIpc) is 3.04. The summed E-state index contributed by atoms with van der Waals surface area (Å²) in [7, 11) is 0. The van der Waals surface area contributed by atoms with Crippen molar-refractivity contribution in [3.05, 3.63) is 53.3 Å². The van der Waals surface area contributed by atoms with Crippen LogP contribution in [0.5, 0.6) is 0 Å². The highest BCUT2D eigenvalue weighted by Crippen LogP contribution is 2.38. The number of nitrogens with zero attached hydrogens (tertiary/aromatic N) is 1. The van der Waals surface area contributed by atoms with Crippen LogP contribution in [0, 0.1) is 0 Å². The van der Waals surface area contributed by atoms with Gasteiger partial charge < -0.3 is 15.6 Å². The van der Waals surface area contributed by atoms with Crippen molar-refractivity contribution in [2.24, 2.45) is 0 Å². The number of carbonyl (C=O) groups is 2. The van der Waals surface area contributed by atoms with Gasteiger partial charge in [-0.25, -0.2) is 4.98 Å². The molecule has 6 nitrogen and oxygen atoms in total. The van der Waals surface area contributed by atoms with Gasteiger partial charge in [0.15, 0.2) is 0 Å². The van der Waals surface area contributed by atoms with E-state index in [0.29, 0.717) is 23.1 Å². The molecule has 8 heteroatoms. The number of fused-ring (bicyclic) bond motifs is 2. The van der Waals surface area contributed by atoms with Crippen molar-refractivity contribution in [2.75, 3.05) is 5.32 Å². The van der Waals surface area contributed by atoms with E-state index < -0.39 is 5.25 Å². The topological polar surface area (TPSA) is 86.9 Å². The summed E-state index contributed by atoms with van der Waals surface area (Å²) in [5.74, 6) is 0.291. The highest BCUT2D eigenvalue weighted by atomic mass is 35.5. The van der Waals surface area contributed by atoms with Gasteiger partial charge in [0.25, 0.3) is 0 Å². The number of halogens is 1. The van der Waals surface area contributed by atoms with E-state index in [1.165, 1.54) is 11.8 Å². The molecule has 2 amide bonds. The van der Waals surface area contributed by atoms with Crippen LogP contribution in [-0.4, -0.2) is 27.0 Å². The highest BCUT2D eigenvalue weighted by Gasteiger charge is 2.29. The van der Waals surface area contributed by atoms with Crippen molar-refractivity contribution < 1.29 is 9.59 Å². The zero-order chi connectivity index (χ0) is 18.1. The minimum atomic E-state index is -0.473. The Labute approximate surface area is 158 Å². The van der Waals surface area contributed by atoms with Crippen molar-refractivity contribution in [3.63, 3.8) is 0 Å². The minimum absolute atomic E-state index is 0.0960. The molecule has 3 N–H and O–H groups in total. The van der Waals surface area contributed by atoms with Crippen LogP contribution in [0.3, 0.4) is 0 Å². The van der Waals surface area contributed by atoms with Gasteiger partial charge in [-0.2, -0.15) is 0 Å². The first-order valence-electron chi connectivity index (χ1n) is 8.06. The summed E-state index contributed by atoms with van der Waals surface area (Å²) < 4.78 is 0. The standard InChI is InChI=1S/C18H15ClN4O2S/c19-10-5-6-14-13(7-10)23-18(25)15(26-14)8-17(24)20-9-16-21-11-3-1-2-4-12(11)22-16/h1-7,15H,8-9H2,(H,20,24)(H,21,22)(H,23,25). The molecule has 0 radical (unpaired) electrons. The number of thioether (sulfide) groups is 1. The van der Waals surface area contributed by atoms with Crippen LogP contribution in [0.25, 0.3) is 11.0 Å². The summed E-state index contributed by atoms with van der Waals surface area (Å²) in [6.07, 6.45) is 0.0960. The number of para-hydroxylation sites is 2. The Hall–Kier alpha value is -2.51. The third kappa shape index (κ3) is 3.54. The lowest BCUT2D eigenvalue weighted by Gasteiger charge is -2.23. The Balaban J connectivity index is 1.37. The number of anilines is 1. The Morgan fingerprint density at radius 3 is 2.96 bits per heavy atom. The molecule has 132 valence electrons. The van der Waals surface area contributed by atoms with Crippen LogP contribution in [0.4, 0.5) is 5.69 Å². The lowest BCUT2D eigenvalue weighted by atomic mass is 10.2. The Morgan fingerprint density at radius 1 is 1.27 bits per heavy atom. The van der Waals surface area contributed by atoms with E-state index >= 15 is 0 Å². The minimum Gasteiger partial charge on any atom is -0.349 e. The maximum Gasteiger partial charge on any atom is 0.238 e. The van der Waals surface area contributed by atoms with Gasteiger partial charge in [-0.3, -0.25) is 9.59 Å². The molecule has 1 aliphatic rings. The van der Waals surface area contributed by atoms with E-state index in [1.54, 1.807) is 12.1 Å². The molecule has 2 heterocycles. The van der Waals surface area contributed by atoms with Crippen molar-refractivity contribution in [1.29, 1.82) is 0 Å². The van der Waals surface area contributed by atoms with Gasteiger partial charge in [-0.15, -0.1) is 11.8 Å². The number of aromatic nitrogens is 2. The molecule has 0 fully saturated rings. The molecular weight excluding hydrogens is 372 g/mol. The van der Waals surface area contributed by atoms with Crippen molar-refractivity contribution in [2.45, 2.75) is 23.1 Å². The highest BCUT2D eigenvalue weighted by molar-refractivity contribution is 8.01. The predicted molar refractivity (Wildman–Crippen MR) is 102 cm³/mol. The van der Waals surface area contributed by atoms with Crippen LogP contribution in [0.2, 0.25) is 5.02 Å². The lowest BCUT2D eigenvalue weighted by molar-refractivity contribution is -0.124. The second-order valence-electron chi connectivity index (χ2n) is 5.92. The third-order valence-corrected chi connectivity index (χ3v) is 5.53. The maximum absolute atomic E-state index is 12.2. The van der Waals surface area contributed by atoms with E-state index in [9.17, 15) is 9.59 Å². The van der Waals surface area contributed by atoms with E-state index in [-0.39, 0.29) is 18.2 Å². The number of carbonyl (C=O) groups excluding carboxylic acids is 2. The smallest absolute Gasteiger partial charge is 0.238 e. The fraction of sp³-hybridized carbons (Fsp3) is 0.167. The zero-order valence-corrected chi connectivity index (χ0v) is 15.2. The molecule has 0 saturated carbocycles. The Morgan fingerprint density at radius 2 is 2.12 bits per heavy atom. The monoisotopic (exact) mass is 386 g/mol. The normalized spacial score (nSPS) is 16.2. The number of H-pyrrole nitrogens is 1. The first-order valence-corrected chi connectivity index (χ1v) is 9.31. The summed E-state index contributed by atoms with van der Waals surface area (Å²) >= 11 is 7.31. The number of benzene rings is 2. The molecule has 0 bridgehead atoms. The van der Waals surface area contributed by atoms with Crippen LogP contribution >= 0.6 is 23.4 Å². The quantitative estimate of drug-likeness (QED) is 0.641. The van der Waals surface area contributed by atoms with Gasteiger partial charge >= 0.3 is 0 Å². The number of imidazole rings is 1. The number of hydrogen-bond donors (Lipinski definition) is 3. The molecule has 26 heavy (non-hydrogen) atoms. The van der Waals surface area contributed by atoms with Gasteiger partial charge in [-0.05, 0) is 30.3 Å². The molecule has 1 atom stereocenters. The van der Waals surface area contributed by atoms with E-state index in [2.05, 4.69) is 20.6 Å². The lowest BCUT2D eigenvalue weighted by Crippen LogP contribution is -2.34. The zero-order valence-electron chi connectivity index (χ0n) is 13.6. The molecule has 0 saturated heterocycles. The summed E-state index contributed by atoms with van der Waals surface area (Å²) in [6.45, 7) is 0.290. The first-order chi connectivity index (χ1) is 12.6. The summed E-state index contributed by atoms with van der Waals surface area (Å²) in [4.78, 5) is 32.9. The van der Waals surface area contributed by atoms with Crippen molar-refractivity contribution in [1.82, 2.24) is 15.3 Å². The van der Waals surface area contributed by atoms with E-state index in [1.807, 2.05) is 30.3 Å². The number of amides is 2. The Bertz CT molecular complexity index is 971. The van der Waals surface area contributed by atoms with Crippen molar-refractivity contribution >= 4 is 51.9 Å². The molecule has 1 unspecified atom stereocenters. The van der Waals surface area contributed by atoms with Gasteiger partial charge in [0.05, 0.1) is 28.5 Å². The molecule has 2 aromatic carbocycles. The van der Waals surface area contributed by atoms with E-state index in [4.69, 9.17) is 11.6 Å². The average molecular weight is 387 g/mol. The SMILES string of the molecule is O=C(CC1Sc2ccc(Cl)cc2NC1=O)NCc1nc2ccccc2[nH]1. The van der Waals surface area contributed by atoms with Gasteiger partial charge in [-0.1, -0.05) is 23.7 Å². The molecule has 1 aromatic heterocycles. The van der Waals surface area contributed by atoms with Gasteiger partial charge in [0.1, 0.15) is 5.82 Å². The molecule has 3 aromatic rings. The summed E-state index contributed by atoms with van der Waals surface area (Å²) in [6, 6.07) is 13.0. The third-order valence-electron chi connectivity index (χ3n) is 4.02. The summed E-state index contributed by atoms with van der Waals surface area (Å²) in [5, 5.41) is 5.71. The molecule has 0 spiro atoms.